The van der Waals surface area contributed by atoms with Crippen molar-refractivity contribution in [2.45, 2.75) is 26.4 Å². The molecule has 0 aliphatic rings. The normalized spacial score (nSPS) is 10.7. The molecule has 0 aliphatic heterocycles. The molecule has 1 aromatic heterocycles. The molecule has 0 saturated heterocycles. The van der Waals surface area contributed by atoms with Gasteiger partial charge in [0.2, 0.25) is 0 Å². The standard InChI is InChI=1S/C15H20N4/c1-11(2)19(10-12-6-4-3-5-7-12)14-9-8-13(16)15(17)18-14/h3-9,11H,10,16H2,1-2H3,(H2,17,18). The summed E-state index contributed by atoms with van der Waals surface area (Å²) in [5.74, 6) is 1.24. The van der Waals surface area contributed by atoms with Crippen LogP contribution in [-0.2, 0) is 6.54 Å². The van der Waals surface area contributed by atoms with Crippen molar-refractivity contribution < 1.29 is 0 Å². The lowest BCUT2D eigenvalue weighted by Crippen LogP contribution is -2.31. The Morgan fingerprint density at radius 3 is 2.32 bits per heavy atom. The molecule has 0 bridgehead atoms. The fraction of sp³-hybridized carbons (Fsp3) is 0.267. The van der Waals surface area contributed by atoms with E-state index in [1.165, 1.54) is 5.56 Å². The molecule has 4 nitrogen and oxygen atoms in total. The number of nitrogens with zero attached hydrogens (tertiary/aromatic N) is 2. The highest BCUT2D eigenvalue weighted by molar-refractivity contribution is 5.62. The fourth-order valence-electron chi connectivity index (χ4n) is 1.94. The van der Waals surface area contributed by atoms with Crippen LogP contribution < -0.4 is 16.4 Å². The van der Waals surface area contributed by atoms with Gasteiger partial charge in [0, 0.05) is 12.6 Å². The quantitative estimate of drug-likeness (QED) is 0.882. The Morgan fingerprint density at radius 1 is 1.05 bits per heavy atom. The molecule has 1 aromatic carbocycles. The van der Waals surface area contributed by atoms with Gasteiger partial charge in [-0.1, -0.05) is 30.3 Å². The summed E-state index contributed by atoms with van der Waals surface area (Å²) in [6.07, 6.45) is 0. The number of benzene rings is 1. The van der Waals surface area contributed by atoms with Crippen LogP contribution in [0.25, 0.3) is 0 Å². The molecular formula is C15H20N4. The Balaban J connectivity index is 2.27. The zero-order chi connectivity index (χ0) is 13.8. The van der Waals surface area contributed by atoms with Gasteiger partial charge in [0.15, 0.2) is 0 Å². The van der Waals surface area contributed by atoms with Gasteiger partial charge in [0.1, 0.15) is 11.6 Å². The third kappa shape index (κ3) is 3.16. The van der Waals surface area contributed by atoms with Gasteiger partial charge in [-0.05, 0) is 31.5 Å². The minimum Gasteiger partial charge on any atom is -0.396 e. The van der Waals surface area contributed by atoms with Crippen LogP contribution in [0, 0.1) is 0 Å². The second kappa shape index (κ2) is 5.61. The Bertz CT molecular complexity index is 537. The van der Waals surface area contributed by atoms with E-state index in [1.54, 1.807) is 6.07 Å². The summed E-state index contributed by atoms with van der Waals surface area (Å²) in [5.41, 5.74) is 13.3. The number of rotatable bonds is 4. The Kier molecular flexibility index (Phi) is 3.90. The summed E-state index contributed by atoms with van der Waals surface area (Å²) >= 11 is 0. The first-order valence-electron chi connectivity index (χ1n) is 6.40. The minimum absolute atomic E-state index is 0.329. The first-order valence-corrected chi connectivity index (χ1v) is 6.40. The summed E-state index contributed by atoms with van der Waals surface area (Å²) in [7, 11) is 0. The molecule has 1 heterocycles. The minimum atomic E-state index is 0.329. The summed E-state index contributed by atoms with van der Waals surface area (Å²) in [4.78, 5) is 6.57. The summed E-state index contributed by atoms with van der Waals surface area (Å²) in [5, 5.41) is 0. The van der Waals surface area contributed by atoms with Crippen LogP contribution >= 0.6 is 0 Å². The molecule has 0 atom stereocenters. The molecule has 0 spiro atoms. The number of anilines is 3. The van der Waals surface area contributed by atoms with Crippen molar-refractivity contribution in [2.75, 3.05) is 16.4 Å². The first kappa shape index (κ1) is 13.2. The van der Waals surface area contributed by atoms with E-state index in [4.69, 9.17) is 11.5 Å². The molecule has 0 fully saturated rings. The van der Waals surface area contributed by atoms with E-state index in [-0.39, 0.29) is 0 Å². The molecule has 100 valence electrons. The predicted molar refractivity (Wildman–Crippen MR) is 80.8 cm³/mol. The van der Waals surface area contributed by atoms with Crippen molar-refractivity contribution in [1.29, 1.82) is 0 Å². The van der Waals surface area contributed by atoms with E-state index in [2.05, 4.69) is 35.9 Å². The second-order valence-electron chi connectivity index (χ2n) is 4.85. The molecule has 2 aromatic rings. The molecule has 4 heteroatoms. The Labute approximate surface area is 114 Å². The maximum Gasteiger partial charge on any atom is 0.149 e. The third-order valence-electron chi connectivity index (χ3n) is 3.06. The average molecular weight is 256 g/mol. The van der Waals surface area contributed by atoms with Gasteiger partial charge >= 0.3 is 0 Å². The Morgan fingerprint density at radius 2 is 1.74 bits per heavy atom. The molecule has 0 aliphatic carbocycles. The monoisotopic (exact) mass is 256 g/mol. The zero-order valence-electron chi connectivity index (χ0n) is 11.4. The fourth-order valence-corrected chi connectivity index (χ4v) is 1.94. The number of nitrogen functional groups attached to an aromatic ring is 2. The zero-order valence-corrected chi connectivity index (χ0v) is 11.4. The Hall–Kier alpha value is -2.23. The number of pyridine rings is 1. The van der Waals surface area contributed by atoms with Gasteiger partial charge in [-0.2, -0.15) is 0 Å². The maximum absolute atomic E-state index is 5.79. The molecule has 0 unspecified atom stereocenters. The van der Waals surface area contributed by atoms with Gasteiger partial charge in [-0.25, -0.2) is 4.98 Å². The van der Waals surface area contributed by atoms with Crippen molar-refractivity contribution >= 4 is 17.3 Å². The summed E-state index contributed by atoms with van der Waals surface area (Å²) in [6, 6.07) is 14.4. The number of hydrogen-bond acceptors (Lipinski definition) is 4. The van der Waals surface area contributed by atoms with Crippen LogP contribution in [-0.4, -0.2) is 11.0 Å². The molecule has 4 N–H and O–H groups in total. The van der Waals surface area contributed by atoms with E-state index in [9.17, 15) is 0 Å². The van der Waals surface area contributed by atoms with Gasteiger partial charge in [0.25, 0.3) is 0 Å². The van der Waals surface area contributed by atoms with Gasteiger partial charge in [-0.3, -0.25) is 0 Å². The first-order chi connectivity index (χ1) is 9.08. The van der Waals surface area contributed by atoms with E-state index in [0.717, 1.165) is 12.4 Å². The molecule has 0 radical (unpaired) electrons. The summed E-state index contributed by atoms with van der Waals surface area (Å²) < 4.78 is 0. The van der Waals surface area contributed by atoms with Crippen molar-refractivity contribution in [3.05, 3.63) is 48.0 Å². The van der Waals surface area contributed by atoms with Crippen LogP contribution in [0.3, 0.4) is 0 Å². The van der Waals surface area contributed by atoms with Crippen LogP contribution in [0.4, 0.5) is 17.3 Å². The molecular weight excluding hydrogens is 236 g/mol. The van der Waals surface area contributed by atoms with Crippen molar-refractivity contribution in [2.24, 2.45) is 0 Å². The smallest absolute Gasteiger partial charge is 0.149 e. The van der Waals surface area contributed by atoms with Crippen LogP contribution in [0.5, 0.6) is 0 Å². The highest BCUT2D eigenvalue weighted by Gasteiger charge is 2.13. The molecule has 0 amide bonds. The highest BCUT2D eigenvalue weighted by atomic mass is 15.2. The predicted octanol–water partition coefficient (Wildman–Crippen LogP) is 2.66. The van der Waals surface area contributed by atoms with Gasteiger partial charge < -0.3 is 16.4 Å². The van der Waals surface area contributed by atoms with E-state index < -0.39 is 0 Å². The van der Waals surface area contributed by atoms with E-state index in [1.807, 2.05) is 24.3 Å². The van der Waals surface area contributed by atoms with Crippen LogP contribution in [0.15, 0.2) is 42.5 Å². The van der Waals surface area contributed by atoms with Crippen molar-refractivity contribution in [3.63, 3.8) is 0 Å². The average Bonchev–Trinajstić information content (AvgIpc) is 2.40. The summed E-state index contributed by atoms with van der Waals surface area (Å²) in [6.45, 7) is 5.07. The van der Waals surface area contributed by atoms with Crippen LogP contribution in [0.2, 0.25) is 0 Å². The number of hydrogen-bond donors (Lipinski definition) is 2. The molecule has 19 heavy (non-hydrogen) atoms. The lowest BCUT2D eigenvalue weighted by molar-refractivity contribution is 0.673. The second-order valence-corrected chi connectivity index (χ2v) is 4.85. The lowest BCUT2D eigenvalue weighted by atomic mass is 10.2. The lowest BCUT2D eigenvalue weighted by Gasteiger charge is -2.28. The largest absolute Gasteiger partial charge is 0.396 e. The highest BCUT2D eigenvalue weighted by Crippen LogP contribution is 2.22. The maximum atomic E-state index is 5.79. The molecule has 0 saturated carbocycles. The number of aromatic nitrogens is 1. The molecule has 2 rings (SSSR count). The topological polar surface area (TPSA) is 68.2 Å². The van der Waals surface area contributed by atoms with Crippen molar-refractivity contribution in [1.82, 2.24) is 4.98 Å². The number of nitrogens with two attached hydrogens (primary N) is 2. The SMILES string of the molecule is CC(C)N(Cc1ccccc1)c1ccc(N)c(N)n1. The van der Waals surface area contributed by atoms with Crippen molar-refractivity contribution in [3.8, 4) is 0 Å². The van der Waals surface area contributed by atoms with Crippen LogP contribution in [0.1, 0.15) is 19.4 Å². The van der Waals surface area contributed by atoms with E-state index in [0.29, 0.717) is 17.5 Å². The third-order valence-corrected chi connectivity index (χ3v) is 3.06. The van der Waals surface area contributed by atoms with Gasteiger partial charge in [-0.15, -0.1) is 0 Å². The van der Waals surface area contributed by atoms with E-state index >= 15 is 0 Å². The van der Waals surface area contributed by atoms with Gasteiger partial charge in [0.05, 0.1) is 5.69 Å².